The van der Waals surface area contributed by atoms with Crippen LogP contribution in [-0.2, 0) is 26.2 Å². The molecule has 2 aromatic carbocycles. The molecule has 1 amide bonds. The zero-order valence-corrected chi connectivity index (χ0v) is 24.8. The van der Waals surface area contributed by atoms with Gasteiger partial charge in [0.05, 0.1) is 51.6 Å². The normalized spacial score (nSPS) is 16.9. The summed E-state index contributed by atoms with van der Waals surface area (Å²) in [6, 6.07) is 10.2. The van der Waals surface area contributed by atoms with E-state index < -0.39 is 28.7 Å². The number of aromatic nitrogens is 6. The van der Waals surface area contributed by atoms with E-state index in [0.29, 0.717) is 28.4 Å². The molecule has 0 saturated heterocycles. The third-order valence-electron chi connectivity index (χ3n) is 8.43. The summed E-state index contributed by atoms with van der Waals surface area (Å²) in [5.41, 5.74) is 3.19. The van der Waals surface area contributed by atoms with Crippen molar-refractivity contribution in [3.8, 4) is 11.6 Å². The molecular formula is C31H27ClF3N7O2. The summed E-state index contributed by atoms with van der Waals surface area (Å²) in [6.07, 6.45) is -0.743. The van der Waals surface area contributed by atoms with Gasteiger partial charge in [-0.25, -0.2) is 19.2 Å². The van der Waals surface area contributed by atoms with Crippen molar-refractivity contribution in [2.75, 3.05) is 0 Å². The number of hydrogen-bond donors (Lipinski definition) is 0. The molecule has 1 unspecified atom stereocenters. The fraction of sp³-hybridized carbons (Fsp3) is 0.323. The van der Waals surface area contributed by atoms with Crippen molar-refractivity contribution in [3.05, 3.63) is 97.9 Å². The number of aryl methyl sites for hydroxylation is 2. The molecule has 1 aliphatic heterocycles. The highest BCUT2D eigenvalue weighted by atomic mass is 35.5. The molecule has 9 nitrogen and oxygen atoms in total. The second-order valence-corrected chi connectivity index (χ2v) is 12.0. The minimum absolute atomic E-state index is 0.0581. The Hall–Kier alpha value is -4.45. The van der Waals surface area contributed by atoms with Crippen LogP contribution in [0.15, 0.2) is 53.6 Å². The van der Waals surface area contributed by atoms with Crippen LogP contribution in [0.1, 0.15) is 64.2 Å². The van der Waals surface area contributed by atoms with Crippen LogP contribution in [0.5, 0.6) is 0 Å². The molecule has 5 aromatic rings. The van der Waals surface area contributed by atoms with Crippen LogP contribution in [0.2, 0.25) is 5.02 Å². The number of amides is 1. The maximum Gasteiger partial charge on any atom is 0.417 e. The Balaban J connectivity index is 1.36. The second-order valence-electron chi connectivity index (χ2n) is 11.6. The molecule has 1 saturated carbocycles. The van der Waals surface area contributed by atoms with E-state index in [4.69, 9.17) is 21.7 Å². The summed E-state index contributed by atoms with van der Waals surface area (Å²) in [5.74, 6) is 0.0264. The Morgan fingerprint density at radius 3 is 2.59 bits per heavy atom. The molecule has 1 aliphatic carbocycles. The first-order chi connectivity index (χ1) is 20.9. The molecule has 4 heterocycles. The van der Waals surface area contributed by atoms with E-state index in [1.807, 2.05) is 42.8 Å². The summed E-state index contributed by atoms with van der Waals surface area (Å²) in [6.45, 7) is 3.60. The summed E-state index contributed by atoms with van der Waals surface area (Å²) < 4.78 is 45.7. The van der Waals surface area contributed by atoms with Gasteiger partial charge in [-0.2, -0.15) is 18.3 Å². The van der Waals surface area contributed by atoms with E-state index in [9.17, 15) is 22.8 Å². The summed E-state index contributed by atoms with van der Waals surface area (Å²) in [4.78, 5) is 38.7. The lowest BCUT2D eigenvalue weighted by Crippen LogP contribution is -2.46. The predicted octanol–water partition coefficient (Wildman–Crippen LogP) is 5.75. The topological polar surface area (TPSA) is 90.8 Å². The number of hydrogen-bond acceptors (Lipinski definition) is 5. The fourth-order valence-corrected chi connectivity index (χ4v) is 6.10. The van der Waals surface area contributed by atoms with Crippen molar-refractivity contribution in [2.45, 2.75) is 57.8 Å². The lowest BCUT2D eigenvalue weighted by atomic mass is 9.98. The quantitative estimate of drug-likeness (QED) is 0.255. The van der Waals surface area contributed by atoms with Crippen LogP contribution in [0.4, 0.5) is 13.2 Å². The standard InChI is InChI=1S/C31H27ClF3N7O2/c1-16-10-21-26(14-40(16)28(43)19-6-8-23(32)22(12-19)31(33,34)35)37-30(42-17(2)11-24(38-42)18-4-5-18)41(29(21)44)20-7-9-27-25(13-20)36-15-39(27)3/h6-9,11-13,15-16,18H,4-5,10,14H2,1-3H3. The van der Waals surface area contributed by atoms with Gasteiger partial charge in [0, 0.05) is 35.8 Å². The minimum atomic E-state index is -4.71. The number of carbonyl (C=O) groups is 1. The number of halogens is 4. The molecule has 0 bridgehead atoms. The molecule has 1 atom stereocenters. The van der Waals surface area contributed by atoms with Gasteiger partial charge in [0.1, 0.15) is 0 Å². The Labute approximate surface area is 254 Å². The molecule has 3 aromatic heterocycles. The van der Waals surface area contributed by atoms with Crippen molar-refractivity contribution in [3.63, 3.8) is 0 Å². The number of alkyl halides is 3. The van der Waals surface area contributed by atoms with Gasteiger partial charge in [0.25, 0.3) is 11.5 Å². The molecule has 226 valence electrons. The van der Waals surface area contributed by atoms with Gasteiger partial charge < -0.3 is 9.47 Å². The van der Waals surface area contributed by atoms with Crippen molar-refractivity contribution < 1.29 is 18.0 Å². The number of carbonyl (C=O) groups excluding carboxylic acids is 1. The highest BCUT2D eigenvalue weighted by Gasteiger charge is 2.36. The molecule has 2 aliphatic rings. The predicted molar refractivity (Wildman–Crippen MR) is 157 cm³/mol. The summed E-state index contributed by atoms with van der Waals surface area (Å²) in [7, 11) is 1.89. The summed E-state index contributed by atoms with van der Waals surface area (Å²) >= 11 is 5.79. The van der Waals surface area contributed by atoms with Gasteiger partial charge in [0.2, 0.25) is 5.95 Å². The van der Waals surface area contributed by atoms with Crippen molar-refractivity contribution >= 4 is 28.5 Å². The van der Waals surface area contributed by atoms with Crippen LogP contribution < -0.4 is 5.56 Å². The molecule has 1 fully saturated rings. The Morgan fingerprint density at radius 1 is 1.09 bits per heavy atom. The second kappa shape index (κ2) is 10.0. The zero-order chi connectivity index (χ0) is 31.1. The van der Waals surface area contributed by atoms with Crippen molar-refractivity contribution in [1.29, 1.82) is 0 Å². The molecule has 44 heavy (non-hydrogen) atoms. The largest absolute Gasteiger partial charge is 0.417 e. The van der Waals surface area contributed by atoms with Gasteiger partial charge in [-0.3, -0.25) is 9.59 Å². The van der Waals surface area contributed by atoms with E-state index in [1.165, 1.54) is 15.5 Å². The van der Waals surface area contributed by atoms with E-state index in [-0.39, 0.29) is 30.0 Å². The molecule has 0 radical (unpaired) electrons. The number of fused-ring (bicyclic) bond motifs is 2. The molecular weight excluding hydrogens is 595 g/mol. The first-order valence-electron chi connectivity index (χ1n) is 14.2. The van der Waals surface area contributed by atoms with Gasteiger partial charge >= 0.3 is 6.18 Å². The Bertz CT molecular complexity index is 2040. The van der Waals surface area contributed by atoms with E-state index >= 15 is 0 Å². The minimum Gasteiger partial charge on any atom is -0.334 e. The Kier molecular flexibility index (Phi) is 6.47. The van der Waals surface area contributed by atoms with Gasteiger partial charge in [-0.15, -0.1) is 0 Å². The Morgan fingerprint density at radius 2 is 1.86 bits per heavy atom. The van der Waals surface area contributed by atoms with E-state index in [2.05, 4.69) is 4.98 Å². The number of benzene rings is 2. The van der Waals surface area contributed by atoms with E-state index in [1.54, 1.807) is 17.9 Å². The molecule has 7 rings (SSSR count). The highest BCUT2D eigenvalue weighted by molar-refractivity contribution is 6.31. The fourth-order valence-electron chi connectivity index (χ4n) is 5.88. The first-order valence-corrected chi connectivity index (χ1v) is 14.6. The lowest BCUT2D eigenvalue weighted by Gasteiger charge is -2.34. The van der Waals surface area contributed by atoms with Crippen LogP contribution in [0.3, 0.4) is 0 Å². The molecule has 13 heteroatoms. The van der Waals surface area contributed by atoms with Crippen LogP contribution in [0, 0.1) is 6.92 Å². The van der Waals surface area contributed by atoms with Crippen molar-refractivity contribution in [2.24, 2.45) is 7.05 Å². The monoisotopic (exact) mass is 621 g/mol. The highest BCUT2D eigenvalue weighted by Crippen LogP contribution is 2.40. The first kappa shape index (κ1) is 28.3. The number of rotatable bonds is 4. The third kappa shape index (κ3) is 4.68. The summed E-state index contributed by atoms with van der Waals surface area (Å²) in [5, 5.41) is 4.33. The van der Waals surface area contributed by atoms with Crippen LogP contribution >= 0.6 is 11.6 Å². The maximum absolute atomic E-state index is 14.3. The maximum atomic E-state index is 14.3. The van der Waals surface area contributed by atoms with Gasteiger partial charge in [0.15, 0.2) is 0 Å². The number of imidazole rings is 1. The molecule has 0 spiro atoms. The smallest absolute Gasteiger partial charge is 0.334 e. The average Bonchev–Trinajstić information content (AvgIpc) is 3.67. The zero-order valence-electron chi connectivity index (χ0n) is 24.1. The number of nitrogens with zero attached hydrogens (tertiary/aromatic N) is 7. The molecule has 0 N–H and O–H groups in total. The average molecular weight is 622 g/mol. The van der Waals surface area contributed by atoms with Crippen molar-refractivity contribution in [1.82, 2.24) is 33.8 Å². The van der Waals surface area contributed by atoms with Crippen LogP contribution in [0.25, 0.3) is 22.7 Å². The van der Waals surface area contributed by atoms with Crippen LogP contribution in [-0.4, -0.2) is 45.7 Å². The van der Waals surface area contributed by atoms with Gasteiger partial charge in [-0.1, -0.05) is 11.6 Å². The van der Waals surface area contributed by atoms with E-state index in [0.717, 1.165) is 41.9 Å². The lowest BCUT2D eigenvalue weighted by molar-refractivity contribution is -0.137. The SMILES string of the molecule is Cc1cc(C2CC2)nn1-c1nc2c(c(=O)n1-c1ccc3c(c1)ncn3C)CC(C)N(C(=O)c1ccc(Cl)c(C(F)(F)F)c1)C2. The van der Waals surface area contributed by atoms with Gasteiger partial charge in [-0.05, 0) is 75.6 Å². The third-order valence-corrected chi connectivity index (χ3v) is 8.76.